The number of rotatable bonds is 4. The van der Waals surface area contributed by atoms with Gasteiger partial charge in [-0.25, -0.2) is 9.59 Å². The third-order valence-electron chi connectivity index (χ3n) is 4.68. The summed E-state index contributed by atoms with van der Waals surface area (Å²) < 4.78 is 10.5. The first-order valence-corrected chi connectivity index (χ1v) is 8.05. The fourth-order valence-electron chi connectivity index (χ4n) is 3.28. The molecule has 0 aliphatic carbocycles. The topological polar surface area (TPSA) is 97.0 Å². The van der Waals surface area contributed by atoms with Crippen LogP contribution in [0.4, 0.5) is 0 Å². The van der Waals surface area contributed by atoms with Crippen molar-refractivity contribution in [2.24, 2.45) is 0 Å². The lowest BCUT2D eigenvalue weighted by molar-refractivity contribution is -0.148. The molecule has 1 aliphatic heterocycles. The molecule has 1 aromatic carbocycles. The molecule has 2 aromatic rings. The zero-order chi connectivity index (χ0) is 18.1. The highest BCUT2D eigenvalue weighted by molar-refractivity contribution is 5.88. The summed E-state index contributed by atoms with van der Waals surface area (Å²) in [6.07, 6.45) is 0.917. The Labute approximate surface area is 143 Å². The lowest BCUT2D eigenvalue weighted by Crippen LogP contribution is -2.41. The number of fused-ring (bicyclic) bond motifs is 1. The molecule has 0 bridgehead atoms. The van der Waals surface area contributed by atoms with Crippen LogP contribution < -0.4 is 10.4 Å². The number of carbonyl (C=O) groups is 2. The first-order valence-electron chi connectivity index (χ1n) is 8.05. The molecule has 25 heavy (non-hydrogen) atoms. The highest BCUT2D eigenvalue weighted by Gasteiger charge is 2.34. The lowest BCUT2D eigenvalue weighted by atomic mass is 10.0. The van der Waals surface area contributed by atoms with Crippen LogP contribution in [0.25, 0.3) is 11.0 Å². The lowest BCUT2D eigenvalue weighted by Gasteiger charge is -2.21. The highest BCUT2D eigenvalue weighted by Crippen LogP contribution is 2.25. The Kier molecular flexibility index (Phi) is 4.48. The summed E-state index contributed by atoms with van der Waals surface area (Å²) in [6.45, 7) is 2.15. The van der Waals surface area contributed by atoms with Crippen LogP contribution in [0, 0.1) is 6.92 Å². The second-order valence-electron chi connectivity index (χ2n) is 6.12. The Morgan fingerprint density at radius 1 is 1.40 bits per heavy atom. The van der Waals surface area contributed by atoms with E-state index in [-0.39, 0.29) is 17.9 Å². The molecule has 3 rings (SSSR count). The number of carbonyl (C=O) groups excluding carboxylic acids is 1. The van der Waals surface area contributed by atoms with E-state index >= 15 is 0 Å². The molecule has 1 fully saturated rings. The average molecular weight is 345 g/mol. The Balaban J connectivity index is 1.95. The Bertz CT molecular complexity index is 900. The van der Waals surface area contributed by atoms with Crippen molar-refractivity contribution < 1.29 is 23.8 Å². The predicted molar refractivity (Wildman–Crippen MR) is 89.8 cm³/mol. The van der Waals surface area contributed by atoms with Crippen molar-refractivity contribution in [3.63, 3.8) is 0 Å². The number of amides is 1. The number of nitrogens with zero attached hydrogens (tertiary/aromatic N) is 1. The molecule has 2 heterocycles. The van der Waals surface area contributed by atoms with E-state index in [0.717, 1.165) is 5.39 Å². The summed E-state index contributed by atoms with van der Waals surface area (Å²) in [5.74, 6) is -0.811. The fraction of sp³-hybridized carbons (Fsp3) is 0.389. The molecule has 7 nitrogen and oxygen atoms in total. The van der Waals surface area contributed by atoms with Gasteiger partial charge in [-0.05, 0) is 37.5 Å². The molecule has 0 unspecified atom stereocenters. The fourth-order valence-corrected chi connectivity index (χ4v) is 3.28. The summed E-state index contributed by atoms with van der Waals surface area (Å²) in [5, 5.41) is 9.93. The van der Waals surface area contributed by atoms with E-state index in [0.29, 0.717) is 36.3 Å². The van der Waals surface area contributed by atoms with Crippen LogP contribution in [0.5, 0.6) is 5.75 Å². The molecule has 1 aliphatic rings. The second-order valence-corrected chi connectivity index (χ2v) is 6.12. The minimum absolute atomic E-state index is 0.167. The van der Waals surface area contributed by atoms with Crippen molar-refractivity contribution in [3.05, 3.63) is 39.7 Å². The number of aryl methyl sites for hydroxylation is 1. The maximum atomic E-state index is 12.5. The summed E-state index contributed by atoms with van der Waals surface area (Å²) in [4.78, 5) is 37.4. The van der Waals surface area contributed by atoms with Gasteiger partial charge < -0.3 is 19.2 Å². The predicted octanol–water partition coefficient (Wildman–Crippen LogP) is 1.73. The van der Waals surface area contributed by atoms with E-state index in [1.807, 2.05) is 0 Å². The maximum Gasteiger partial charge on any atom is 0.340 e. The molecular weight excluding hydrogens is 326 g/mol. The first kappa shape index (κ1) is 17.0. The Hall–Kier alpha value is -2.83. The van der Waals surface area contributed by atoms with Crippen molar-refractivity contribution in [1.82, 2.24) is 4.90 Å². The number of carboxylic acid groups (broad SMARTS) is 1. The summed E-state index contributed by atoms with van der Waals surface area (Å²) >= 11 is 0. The number of benzene rings is 1. The van der Waals surface area contributed by atoms with E-state index in [9.17, 15) is 19.5 Å². The van der Waals surface area contributed by atoms with E-state index in [1.165, 1.54) is 12.0 Å². The standard InChI is InChI=1S/C18H19NO6/c1-10-12-6-5-11(24-2)8-15(12)25-18(23)13(10)9-16(20)19-7-3-4-14(19)17(21)22/h5-6,8,14H,3-4,7,9H2,1-2H3,(H,21,22)/t14-/m1/s1. The SMILES string of the molecule is COc1ccc2c(C)c(CC(=O)N3CCC[C@@H]3C(=O)O)c(=O)oc2c1. The smallest absolute Gasteiger partial charge is 0.340 e. The van der Waals surface area contributed by atoms with Crippen LogP contribution in [0.2, 0.25) is 0 Å². The second kappa shape index (κ2) is 6.58. The molecular formula is C18H19NO6. The number of ether oxygens (including phenoxy) is 1. The van der Waals surface area contributed by atoms with Gasteiger partial charge >= 0.3 is 11.6 Å². The molecule has 0 saturated carbocycles. The number of likely N-dealkylation sites (tertiary alicyclic amines) is 1. The van der Waals surface area contributed by atoms with Gasteiger partial charge in [0.1, 0.15) is 17.4 Å². The van der Waals surface area contributed by atoms with Gasteiger partial charge in [0.2, 0.25) is 5.91 Å². The first-order chi connectivity index (χ1) is 11.9. The number of hydrogen-bond donors (Lipinski definition) is 1. The van der Waals surface area contributed by atoms with Crippen LogP contribution in [0.3, 0.4) is 0 Å². The van der Waals surface area contributed by atoms with Crippen LogP contribution >= 0.6 is 0 Å². The largest absolute Gasteiger partial charge is 0.497 e. The third kappa shape index (κ3) is 3.09. The van der Waals surface area contributed by atoms with Gasteiger partial charge in [0, 0.05) is 18.0 Å². The molecule has 7 heteroatoms. The van der Waals surface area contributed by atoms with Gasteiger partial charge in [-0.3, -0.25) is 4.79 Å². The molecule has 0 spiro atoms. The van der Waals surface area contributed by atoms with Gasteiger partial charge in [-0.1, -0.05) is 0 Å². The van der Waals surface area contributed by atoms with E-state index in [2.05, 4.69) is 0 Å². The Morgan fingerprint density at radius 3 is 2.84 bits per heavy atom. The molecule has 132 valence electrons. The van der Waals surface area contributed by atoms with Crippen molar-refractivity contribution in [2.75, 3.05) is 13.7 Å². The van der Waals surface area contributed by atoms with Crippen LogP contribution in [0.1, 0.15) is 24.0 Å². The number of aliphatic carboxylic acids is 1. The minimum Gasteiger partial charge on any atom is -0.497 e. The minimum atomic E-state index is -1.01. The third-order valence-corrected chi connectivity index (χ3v) is 4.68. The Morgan fingerprint density at radius 2 is 2.16 bits per heavy atom. The normalized spacial score (nSPS) is 17.0. The van der Waals surface area contributed by atoms with Crippen molar-refractivity contribution in [2.45, 2.75) is 32.2 Å². The molecule has 1 amide bonds. The monoisotopic (exact) mass is 345 g/mol. The van der Waals surface area contributed by atoms with E-state index in [1.54, 1.807) is 25.1 Å². The number of methoxy groups -OCH3 is 1. The van der Waals surface area contributed by atoms with Gasteiger partial charge in [-0.15, -0.1) is 0 Å². The molecule has 1 saturated heterocycles. The number of carboxylic acids is 1. The average Bonchev–Trinajstić information content (AvgIpc) is 3.08. The van der Waals surface area contributed by atoms with Crippen LogP contribution in [0.15, 0.2) is 27.4 Å². The summed E-state index contributed by atoms with van der Waals surface area (Å²) in [6, 6.07) is 4.33. The van der Waals surface area contributed by atoms with Gasteiger partial charge in [0.05, 0.1) is 19.1 Å². The summed E-state index contributed by atoms with van der Waals surface area (Å²) in [7, 11) is 1.52. The molecule has 1 aromatic heterocycles. The van der Waals surface area contributed by atoms with Gasteiger partial charge in [-0.2, -0.15) is 0 Å². The van der Waals surface area contributed by atoms with Crippen LogP contribution in [-0.4, -0.2) is 41.6 Å². The van der Waals surface area contributed by atoms with Gasteiger partial charge in [0.15, 0.2) is 0 Å². The molecule has 1 N–H and O–H groups in total. The number of hydrogen-bond acceptors (Lipinski definition) is 5. The summed E-state index contributed by atoms with van der Waals surface area (Å²) in [5.41, 5.74) is 0.729. The van der Waals surface area contributed by atoms with E-state index < -0.39 is 17.6 Å². The van der Waals surface area contributed by atoms with Crippen molar-refractivity contribution >= 4 is 22.8 Å². The van der Waals surface area contributed by atoms with E-state index in [4.69, 9.17) is 9.15 Å². The quantitative estimate of drug-likeness (QED) is 0.848. The zero-order valence-corrected chi connectivity index (χ0v) is 14.1. The van der Waals surface area contributed by atoms with Crippen molar-refractivity contribution in [3.8, 4) is 5.75 Å². The zero-order valence-electron chi connectivity index (χ0n) is 14.1. The maximum absolute atomic E-state index is 12.5. The van der Waals surface area contributed by atoms with Crippen molar-refractivity contribution in [1.29, 1.82) is 0 Å². The van der Waals surface area contributed by atoms with Gasteiger partial charge in [0.25, 0.3) is 0 Å². The molecule has 0 radical (unpaired) electrons. The highest BCUT2D eigenvalue weighted by atomic mass is 16.5. The molecule has 1 atom stereocenters. The van der Waals surface area contributed by atoms with Crippen LogP contribution in [-0.2, 0) is 16.0 Å².